The highest BCUT2D eigenvalue weighted by molar-refractivity contribution is 7.76. The molecule has 6 nitrogen and oxygen atoms in total. The lowest BCUT2D eigenvalue weighted by atomic mass is 9.90. The van der Waals surface area contributed by atoms with Crippen molar-refractivity contribution in [3.05, 3.63) is 98.1 Å². The molecule has 2 atom stereocenters. The summed E-state index contributed by atoms with van der Waals surface area (Å²) in [6, 6.07) is 13.2. The zero-order chi connectivity index (χ0) is 28.8. The Hall–Kier alpha value is -2.78. The highest BCUT2D eigenvalue weighted by Gasteiger charge is 2.30. The lowest BCUT2D eigenvalue weighted by Crippen LogP contribution is -2.10. The van der Waals surface area contributed by atoms with Gasteiger partial charge in [-0.25, -0.2) is 0 Å². The van der Waals surface area contributed by atoms with Crippen LogP contribution in [0, 0.1) is 41.5 Å². The average Bonchev–Trinajstić information content (AvgIpc) is 2.83. The molecule has 0 fully saturated rings. The largest absolute Gasteiger partial charge is 0.446 e. The smallest absolute Gasteiger partial charge is 0.268 e. The van der Waals surface area contributed by atoms with E-state index in [2.05, 4.69) is 0 Å². The van der Waals surface area contributed by atoms with Crippen molar-refractivity contribution in [2.45, 2.75) is 61.8 Å². The molecule has 3 aromatic carbocycles. The molecular formula is C30H38O6P2. The summed E-state index contributed by atoms with van der Waals surface area (Å²) in [6.07, 6.45) is 0.703. The van der Waals surface area contributed by atoms with Crippen LogP contribution in [0.3, 0.4) is 0 Å². The first-order valence-corrected chi connectivity index (χ1v) is 15.4. The number of carbonyl (C=O) groups is 2. The molecule has 0 radical (unpaired) electrons. The van der Waals surface area contributed by atoms with Crippen LogP contribution in [-0.2, 0) is 15.6 Å². The maximum Gasteiger partial charge on any atom is 0.268 e. The monoisotopic (exact) mass is 556 g/mol. The van der Waals surface area contributed by atoms with Crippen LogP contribution >= 0.6 is 16.1 Å². The van der Waals surface area contributed by atoms with Crippen LogP contribution in [0.15, 0.2) is 42.5 Å². The van der Waals surface area contributed by atoms with Gasteiger partial charge >= 0.3 is 0 Å². The van der Waals surface area contributed by atoms with Gasteiger partial charge in [-0.15, -0.1) is 0 Å². The van der Waals surface area contributed by atoms with E-state index in [4.69, 9.17) is 4.52 Å². The number of ketones is 1. The zero-order valence-electron chi connectivity index (χ0n) is 23.5. The summed E-state index contributed by atoms with van der Waals surface area (Å²) in [4.78, 5) is 34.6. The van der Waals surface area contributed by atoms with Crippen LogP contribution in [0.25, 0.3) is 0 Å². The molecule has 0 bridgehead atoms. The van der Waals surface area contributed by atoms with Crippen molar-refractivity contribution in [3.63, 3.8) is 0 Å². The first kappa shape index (κ1) is 31.4. The molecule has 0 aliphatic heterocycles. The number of rotatable bonds is 8. The van der Waals surface area contributed by atoms with Gasteiger partial charge < -0.3 is 9.42 Å². The van der Waals surface area contributed by atoms with Crippen molar-refractivity contribution in [3.8, 4) is 5.75 Å². The maximum atomic E-state index is 13.1. The van der Waals surface area contributed by atoms with E-state index < -0.39 is 21.6 Å². The summed E-state index contributed by atoms with van der Waals surface area (Å²) in [5.41, 5.74) is 7.56. The summed E-state index contributed by atoms with van der Waals surface area (Å²) in [7, 11) is -5.09. The molecule has 0 amide bonds. The molecule has 8 heteroatoms. The summed E-state index contributed by atoms with van der Waals surface area (Å²) >= 11 is 0. The van der Waals surface area contributed by atoms with E-state index in [0.717, 1.165) is 45.4 Å². The molecule has 3 rings (SSSR count). The van der Waals surface area contributed by atoms with Crippen molar-refractivity contribution < 1.29 is 28.1 Å². The minimum absolute atomic E-state index is 0.0153. The van der Waals surface area contributed by atoms with Crippen molar-refractivity contribution in [2.24, 2.45) is 0 Å². The van der Waals surface area contributed by atoms with Gasteiger partial charge in [0.15, 0.2) is 5.78 Å². The molecule has 38 heavy (non-hydrogen) atoms. The molecule has 0 aliphatic rings. The predicted octanol–water partition coefficient (Wildman–Crippen LogP) is 7.50. The molecule has 204 valence electrons. The fourth-order valence-corrected chi connectivity index (χ4v) is 6.07. The van der Waals surface area contributed by atoms with Crippen LogP contribution in [0.4, 0.5) is 0 Å². The Morgan fingerprint density at radius 1 is 0.816 bits per heavy atom. The molecule has 1 N–H and O–H groups in total. The van der Waals surface area contributed by atoms with E-state index in [0.29, 0.717) is 22.4 Å². The van der Waals surface area contributed by atoms with Crippen LogP contribution < -0.4 is 4.52 Å². The van der Waals surface area contributed by atoms with E-state index in [1.54, 1.807) is 26.8 Å². The minimum atomic E-state index is -3.69. The first-order valence-electron chi connectivity index (χ1n) is 12.6. The molecule has 3 aromatic rings. The number of hydrogen-bond donors (Lipinski definition) is 1. The summed E-state index contributed by atoms with van der Waals surface area (Å²) in [6.45, 7) is 15.0. The number of benzene rings is 3. The Kier molecular flexibility index (Phi) is 11.0. The quantitative estimate of drug-likeness (QED) is 0.228. The molecular weight excluding hydrogens is 518 g/mol. The Morgan fingerprint density at radius 3 is 1.71 bits per heavy atom. The van der Waals surface area contributed by atoms with Crippen molar-refractivity contribution in [1.82, 2.24) is 0 Å². The third-order valence-electron chi connectivity index (χ3n) is 6.44. The van der Waals surface area contributed by atoms with Gasteiger partial charge in [0.25, 0.3) is 7.37 Å². The number of carbonyl (C=O) groups excluding carboxylic acids is 2. The van der Waals surface area contributed by atoms with E-state index in [1.165, 1.54) is 0 Å². The lowest BCUT2D eigenvalue weighted by Gasteiger charge is -2.15. The minimum Gasteiger partial charge on any atom is -0.446 e. The van der Waals surface area contributed by atoms with Gasteiger partial charge in [0.1, 0.15) is 5.75 Å². The van der Waals surface area contributed by atoms with Crippen LogP contribution in [0.2, 0.25) is 0 Å². The van der Waals surface area contributed by atoms with Gasteiger partial charge in [-0.3, -0.25) is 18.7 Å². The second-order valence-electron chi connectivity index (χ2n) is 9.56. The second-order valence-corrected chi connectivity index (χ2v) is 12.4. The average molecular weight is 557 g/mol. The molecule has 0 saturated heterocycles. The SMILES string of the molecule is CCP(=O)(O)C(=O)c1c(C)cc(C)cc1C.CCc1cccc(O[PH2]=O)c1C(=O)c1c(C)cc(C)cc1C. The molecule has 0 heterocycles. The molecule has 0 aliphatic carbocycles. The van der Waals surface area contributed by atoms with Gasteiger partial charge in [0.05, 0.1) is 5.56 Å². The van der Waals surface area contributed by atoms with Crippen molar-refractivity contribution >= 4 is 27.4 Å². The van der Waals surface area contributed by atoms with Crippen LogP contribution in [0.1, 0.15) is 79.1 Å². The summed E-state index contributed by atoms with van der Waals surface area (Å²) in [5.74, 6) is 0.351. The third kappa shape index (κ3) is 7.20. The van der Waals surface area contributed by atoms with E-state index in [1.807, 2.05) is 71.0 Å². The predicted molar refractivity (Wildman–Crippen MR) is 156 cm³/mol. The standard InChI is InChI=1S/C18H21O3P.C12H17O3P/c1-5-14-7-6-8-15(21-22-20)17(14)18(19)16-12(3)9-11(2)10-13(16)4;1-5-16(14,15)12(13)11-9(3)6-8(2)7-10(11)4/h6-10H,5,22H2,1-4H3;6-7H,5H2,1-4H3,(H,14,15). The Bertz CT molecular complexity index is 1380. The third-order valence-corrected chi connectivity index (χ3v) is 8.50. The van der Waals surface area contributed by atoms with Gasteiger partial charge in [-0.2, -0.15) is 0 Å². The number of hydrogen-bond acceptors (Lipinski definition) is 5. The second kappa shape index (κ2) is 13.3. The number of aryl methyl sites for hydroxylation is 7. The normalized spacial score (nSPS) is 12.6. The maximum absolute atomic E-state index is 13.1. The van der Waals surface area contributed by atoms with Gasteiger partial charge in [0, 0.05) is 17.3 Å². The lowest BCUT2D eigenvalue weighted by molar-refractivity contribution is 0.103. The van der Waals surface area contributed by atoms with Crippen molar-refractivity contribution in [1.29, 1.82) is 0 Å². The molecule has 0 spiro atoms. The van der Waals surface area contributed by atoms with E-state index >= 15 is 0 Å². The Balaban J connectivity index is 0.000000281. The first-order chi connectivity index (χ1) is 17.8. The van der Waals surface area contributed by atoms with E-state index in [9.17, 15) is 23.6 Å². The van der Waals surface area contributed by atoms with Gasteiger partial charge in [-0.05, 0) is 81.8 Å². The van der Waals surface area contributed by atoms with Crippen molar-refractivity contribution in [2.75, 3.05) is 6.16 Å². The van der Waals surface area contributed by atoms with Gasteiger partial charge in [-0.1, -0.05) is 61.4 Å². The van der Waals surface area contributed by atoms with Crippen LogP contribution in [0.5, 0.6) is 5.75 Å². The molecule has 0 saturated carbocycles. The molecule has 2 unspecified atom stereocenters. The van der Waals surface area contributed by atoms with E-state index in [-0.39, 0.29) is 11.9 Å². The topological polar surface area (TPSA) is 97.7 Å². The van der Waals surface area contributed by atoms with Crippen LogP contribution in [-0.4, -0.2) is 22.4 Å². The summed E-state index contributed by atoms with van der Waals surface area (Å²) < 4.78 is 27.8. The summed E-state index contributed by atoms with van der Waals surface area (Å²) in [5, 5.41) is 0. The fourth-order valence-electron chi connectivity index (χ4n) is 4.78. The zero-order valence-corrected chi connectivity index (χ0v) is 25.5. The highest BCUT2D eigenvalue weighted by atomic mass is 31.2. The Morgan fingerprint density at radius 2 is 1.29 bits per heavy atom. The van der Waals surface area contributed by atoms with Gasteiger partial charge in [0.2, 0.25) is 14.2 Å². The molecule has 0 aromatic heterocycles. The Labute approximate surface area is 227 Å². The highest BCUT2D eigenvalue weighted by Crippen LogP contribution is 2.45. The fraction of sp³-hybridized carbons (Fsp3) is 0.333.